The lowest BCUT2D eigenvalue weighted by Gasteiger charge is -2.43. The van der Waals surface area contributed by atoms with Crippen molar-refractivity contribution in [3.63, 3.8) is 0 Å². The second-order valence-electron chi connectivity index (χ2n) is 7.36. The van der Waals surface area contributed by atoms with Gasteiger partial charge in [-0.1, -0.05) is 27.7 Å². The van der Waals surface area contributed by atoms with Gasteiger partial charge in [0.25, 0.3) is 0 Å². The van der Waals surface area contributed by atoms with Crippen LogP contribution in [0.3, 0.4) is 0 Å². The number of nitrogens with one attached hydrogen (secondary N) is 1. The molecule has 0 aromatic rings. The zero-order valence-corrected chi connectivity index (χ0v) is 12.1. The molecule has 1 aliphatic heterocycles. The fourth-order valence-corrected chi connectivity index (χ4v) is 3.36. The summed E-state index contributed by atoms with van der Waals surface area (Å²) in [5, 5.41) is 3.37. The van der Waals surface area contributed by atoms with Crippen LogP contribution in [-0.4, -0.2) is 36.0 Å². The molecule has 1 N–H and O–H groups in total. The molecule has 1 saturated carbocycles. The van der Waals surface area contributed by atoms with Crippen LogP contribution >= 0.6 is 0 Å². The summed E-state index contributed by atoms with van der Waals surface area (Å²) in [7, 11) is 0. The summed E-state index contributed by atoms with van der Waals surface area (Å²) in [4.78, 5) is 14.8. The average molecular weight is 238 g/mol. The number of amides is 1. The summed E-state index contributed by atoms with van der Waals surface area (Å²) in [6.07, 6.45) is 0. The molecule has 0 radical (unpaired) electrons. The van der Waals surface area contributed by atoms with Crippen molar-refractivity contribution in [3.05, 3.63) is 0 Å². The Hall–Kier alpha value is -0.570. The molecule has 17 heavy (non-hydrogen) atoms. The standard InChI is InChI=1S/C14H26N2O/c1-12(2)9-15-7-8-16(12)11(17)10-13(3,4)14(10,5)6/h10,15H,7-9H2,1-6H3. The van der Waals surface area contributed by atoms with Crippen molar-refractivity contribution < 1.29 is 4.79 Å². The topological polar surface area (TPSA) is 32.3 Å². The van der Waals surface area contributed by atoms with Crippen molar-refractivity contribution in [2.75, 3.05) is 19.6 Å². The minimum Gasteiger partial charge on any atom is -0.335 e. The SMILES string of the molecule is CC1(C)CNCCN1C(=O)C1C(C)(C)C1(C)C. The second kappa shape index (κ2) is 3.47. The predicted octanol–water partition coefficient (Wildman–Crippen LogP) is 1.88. The lowest BCUT2D eigenvalue weighted by Crippen LogP contribution is -2.60. The molecule has 2 rings (SSSR count). The van der Waals surface area contributed by atoms with Crippen LogP contribution in [0.4, 0.5) is 0 Å². The summed E-state index contributed by atoms with van der Waals surface area (Å²) in [6, 6.07) is 0. The second-order valence-corrected chi connectivity index (χ2v) is 7.36. The lowest BCUT2D eigenvalue weighted by atomic mass is 9.98. The summed E-state index contributed by atoms with van der Waals surface area (Å²) < 4.78 is 0. The molecule has 98 valence electrons. The molecular formula is C14H26N2O. The Morgan fingerprint density at radius 2 is 1.65 bits per heavy atom. The number of carbonyl (C=O) groups is 1. The van der Waals surface area contributed by atoms with E-state index in [-0.39, 0.29) is 22.3 Å². The van der Waals surface area contributed by atoms with Crippen molar-refractivity contribution >= 4 is 5.91 Å². The number of nitrogens with zero attached hydrogens (tertiary/aromatic N) is 1. The summed E-state index contributed by atoms with van der Waals surface area (Å²) >= 11 is 0. The Morgan fingerprint density at radius 3 is 2.06 bits per heavy atom. The molecule has 2 aliphatic rings. The van der Waals surface area contributed by atoms with E-state index in [2.05, 4.69) is 51.8 Å². The van der Waals surface area contributed by atoms with Crippen LogP contribution < -0.4 is 5.32 Å². The van der Waals surface area contributed by atoms with Crippen LogP contribution in [0.1, 0.15) is 41.5 Å². The maximum Gasteiger partial charge on any atom is 0.227 e. The third-order valence-corrected chi connectivity index (χ3v) is 5.33. The molecular weight excluding hydrogens is 212 g/mol. The third-order valence-electron chi connectivity index (χ3n) is 5.33. The number of hydrogen-bond donors (Lipinski definition) is 1. The van der Waals surface area contributed by atoms with Gasteiger partial charge in [-0.3, -0.25) is 4.79 Å². The Labute approximate surface area is 105 Å². The first-order chi connectivity index (χ1) is 7.62. The van der Waals surface area contributed by atoms with E-state index in [1.165, 1.54) is 0 Å². The molecule has 0 aromatic heterocycles. The van der Waals surface area contributed by atoms with Crippen molar-refractivity contribution in [3.8, 4) is 0 Å². The molecule has 1 amide bonds. The van der Waals surface area contributed by atoms with Gasteiger partial charge in [-0.2, -0.15) is 0 Å². The van der Waals surface area contributed by atoms with E-state index in [1.54, 1.807) is 0 Å². The van der Waals surface area contributed by atoms with Crippen molar-refractivity contribution in [2.45, 2.75) is 47.1 Å². The number of hydrogen-bond acceptors (Lipinski definition) is 2. The molecule has 0 atom stereocenters. The summed E-state index contributed by atoms with van der Waals surface area (Å²) in [5.41, 5.74) is 0.236. The number of rotatable bonds is 1. The molecule has 3 heteroatoms. The highest BCUT2D eigenvalue weighted by atomic mass is 16.2. The van der Waals surface area contributed by atoms with Crippen molar-refractivity contribution in [2.24, 2.45) is 16.7 Å². The van der Waals surface area contributed by atoms with Crippen molar-refractivity contribution in [1.82, 2.24) is 10.2 Å². The van der Waals surface area contributed by atoms with E-state index < -0.39 is 0 Å². The molecule has 0 unspecified atom stereocenters. The van der Waals surface area contributed by atoms with Crippen LogP contribution in [-0.2, 0) is 4.79 Å². The molecule has 2 fully saturated rings. The van der Waals surface area contributed by atoms with E-state index in [9.17, 15) is 4.79 Å². The Kier molecular flexibility index (Phi) is 2.63. The minimum absolute atomic E-state index is 0.0515. The summed E-state index contributed by atoms with van der Waals surface area (Å²) in [5.74, 6) is 0.541. The molecule has 0 bridgehead atoms. The Balaban J connectivity index is 2.17. The zero-order chi connectivity index (χ0) is 13.1. The smallest absolute Gasteiger partial charge is 0.227 e. The van der Waals surface area contributed by atoms with Crippen LogP contribution in [0.2, 0.25) is 0 Å². The van der Waals surface area contributed by atoms with Gasteiger partial charge in [0.2, 0.25) is 5.91 Å². The van der Waals surface area contributed by atoms with Crippen molar-refractivity contribution in [1.29, 1.82) is 0 Å². The summed E-state index contributed by atoms with van der Waals surface area (Å²) in [6.45, 7) is 15.8. The van der Waals surface area contributed by atoms with Gasteiger partial charge < -0.3 is 10.2 Å². The minimum atomic E-state index is -0.0515. The molecule has 0 spiro atoms. The van der Waals surface area contributed by atoms with E-state index >= 15 is 0 Å². The normalized spacial score (nSPS) is 30.1. The van der Waals surface area contributed by atoms with Gasteiger partial charge in [0.05, 0.1) is 0 Å². The zero-order valence-electron chi connectivity index (χ0n) is 12.1. The Morgan fingerprint density at radius 1 is 1.12 bits per heavy atom. The van der Waals surface area contributed by atoms with Gasteiger partial charge >= 0.3 is 0 Å². The molecule has 1 saturated heterocycles. The molecule has 1 heterocycles. The lowest BCUT2D eigenvalue weighted by molar-refractivity contribution is -0.140. The highest BCUT2D eigenvalue weighted by Gasteiger charge is 2.69. The van der Waals surface area contributed by atoms with Gasteiger partial charge in [0.15, 0.2) is 0 Å². The van der Waals surface area contributed by atoms with Crippen LogP contribution in [0.25, 0.3) is 0 Å². The maximum absolute atomic E-state index is 12.7. The first-order valence-electron chi connectivity index (χ1n) is 6.64. The van der Waals surface area contributed by atoms with Gasteiger partial charge in [-0.05, 0) is 24.7 Å². The predicted molar refractivity (Wildman–Crippen MR) is 69.7 cm³/mol. The van der Waals surface area contributed by atoms with E-state index in [4.69, 9.17) is 0 Å². The quantitative estimate of drug-likeness (QED) is 0.756. The number of piperazine rings is 1. The van der Waals surface area contributed by atoms with E-state index in [0.717, 1.165) is 19.6 Å². The highest BCUT2D eigenvalue weighted by molar-refractivity contribution is 5.85. The van der Waals surface area contributed by atoms with E-state index in [1.807, 2.05) is 0 Å². The third kappa shape index (κ3) is 1.70. The fraction of sp³-hybridized carbons (Fsp3) is 0.929. The largest absolute Gasteiger partial charge is 0.335 e. The molecule has 3 nitrogen and oxygen atoms in total. The van der Waals surface area contributed by atoms with Gasteiger partial charge in [-0.15, -0.1) is 0 Å². The molecule has 1 aliphatic carbocycles. The number of carbonyl (C=O) groups excluding carboxylic acids is 1. The van der Waals surface area contributed by atoms with Gasteiger partial charge in [-0.25, -0.2) is 0 Å². The maximum atomic E-state index is 12.7. The highest BCUT2D eigenvalue weighted by Crippen LogP contribution is 2.69. The fourth-order valence-electron chi connectivity index (χ4n) is 3.36. The average Bonchev–Trinajstić information content (AvgIpc) is 2.55. The van der Waals surface area contributed by atoms with Crippen LogP contribution in [0, 0.1) is 16.7 Å². The van der Waals surface area contributed by atoms with Crippen LogP contribution in [0.15, 0.2) is 0 Å². The molecule has 0 aromatic carbocycles. The van der Waals surface area contributed by atoms with Crippen LogP contribution in [0.5, 0.6) is 0 Å². The Bertz CT molecular complexity index is 330. The van der Waals surface area contributed by atoms with Gasteiger partial charge in [0.1, 0.15) is 0 Å². The van der Waals surface area contributed by atoms with E-state index in [0.29, 0.717) is 5.91 Å². The first-order valence-corrected chi connectivity index (χ1v) is 6.64. The van der Waals surface area contributed by atoms with Gasteiger partial charge in [0, 0.05) is 31.1 Å². The first kappa shape index (κ1) is 12.9. The monoisotopic (exact) mass is 238 g/mol.